The van der Waals surface area contributed by atoms with Crippen molar-refractivity contribution in [3.8, 4) is 0 Å². The molecule has 4 nitrogen and oxygen atoms in total. The third kappa shape index (κ3) is 3.66. The van der Waals surface area contributed by atoms with E-state index in [4.69, 9.17) is 5.73 Å². The lowest BCUT2D eigenvalue weighted by atomic mass is 9.96. The highest BCUT2D eigenvalue weighted by molar-refractivity contribution is 7.52. The lowest BCUT2D eigenvalue weighted by Crippen LogP contribution is -2.29. The van der Waals surface area contributed by atoms with Gasteiger partial charge in [-0.15, -0.1) is 0 Å². The smallest absolute Gasteiger partial charge is 0.327 e. The predicted octanol–water partition coefficient (Wildman–Crippen LogP) is 2.60. The van der Waals surface area contributed by atoms with Gasteiger partial charge in [-0.25, -0.2) is 0 Å². The van der Waals surface area contributed by atoms with Crippen LogP contribution < -0.4 is 5.73 Å². The van der Waals surface area contributed by atoms with E-state index in [2.05, 4.69) is 0 Å². The maximum atomic E-state index is 11.7. The molecule has 0 radical (unpaired) electrons. The van der Waals surface area contributed by atoms with Crippen LogP contribution in [-0.4, -0.2) is 15.8 Å². The summed E-state index contributed by atoms with van der Waals surface area (Å²) in [6, 6.07) is 6.85. The quantitative estimate of drug-likeness (QED) is 0.694. The molecule has 18 heavy (non-hydrogen) atoms. The molecule has 0 aliphatic rings. The van der Waals surface area contributed by atoms with Crippen LogP contribution in [0.25, 0.3) is 0 Å². The van der Waals surface area contributed by atoms with Gasteiger partial charge in [0.15, 0.2) is 0 Å². The third-order valence-electron chi connectivity index (χ3n) is 3.14. The molecule has 0 bridgehead atoms. The number of nitrogens with two attached hydrogens (primary N) is 1. The fourth-order valence-electron chi connectivity index (χ4n) is 2.30. The van der Waals surface area contributed by atoms with Gasteiger partial charge in [-0.1, -0.05) is 44.5 Å². The maximum absolute atomic E-state index is 11.7. The van der Waals surface area contributed by atoms with Crippen molar-refractivity contribution in [2.24, 2.45) is 5.73 Å². The average Bonchev–Trinajstić information content (AvgIpc) is 2.28. The summed E-state index contributed by atoms with van der Waals surface area (Å²) in [5, 5.41) is 0. The van der Waals surface area contributed by atoms with Crippen LogP contribution >= 0.6 is 7.60 Å². The lowest BCUT2D eigenvalue weighted by Gasteiger charge is -2.26. The molecule has 0 spiro atoms. The Morgan fingerprint density at radius 1 is 1.28 bits per heavy atom. The van der Waals surface area contributed by atoms with Gasteiger partial charge in [0.1, 0.15) is 5.66 Å². The topological polar surface area (TPSA) is 83.6 Å². The average molecular weight is 271 g/mol. The molecule has 0 aromatic heterocycles. The van der Waals surface area contributed by atoms with E-state index >= 15 is 0 Å². The molecule has 0 saturated heterocycles. The Morgan fingerprint density at radius 3 is 2.39 bits per heavy atom. The van der Waals surface area contributed by atoms with Crippen LogP contribution in [0.5, 0.6) is 0 Å². The Kier molecular flexibility index (Phi) is 5.54. The summed E-state index contributed by atoms with van der Waals surface area (Å²) in [6.07, 6.45) is 2.16. The van der Waals surface area contributed by atoms with E-state index in [9.17, 15) is 14.4 Å². The number of aryl methyl sites for hydroxylation is 1. The molecule has 0 aliphatic heterocycles. The Balaban J connectivity index is 3.22. The van der Waals surface area contributed by atoms with Gasteiger partial charge in [-0.05, 0) is 24.0 Å². The van der Waals surface area contributed by atoms with Crippen LogP contribution in [-0.2, 0) is 11.0 Å². The summed E-state index contributed by atoms with van der Waals surface area (Å²) in [4.78, 5) is 19.2. The highest BCUT2D eigenvalue weighted by atomic mass is 31.2. The van der Waals surface area contributed by atoms with Crippen LogP contribution in [0.15, 0.2) is 24.3 Å². The van der Waals surface area contributed by atoms with Crippen LogP contribution in [0.3, 0.4) is 0 Å². The summed E-state index contributed by atoms with van der Waals surface area (Å²) in [7, 11) is -4.25. The molecule has 0 fully saturated rings. The minimum Gasteiger partial charge on any atom is -0.327 e. The summed E-state index contributed by atoms with van der Waals surface area (Å²) >= 11 is 0. The number of hydrogen-bond donors (Lipinski definition) is 3. The van der Waals surface area contributed by atoms with Crippen LogP contribution in [0.2, 0.25) is 0 Å². The fraction of sp³-hybridized carbons (Fsp3) is 0.538. The minimum absolute atomic E-state index is 0.511. The van der Waals surface area contributed by atoms with Crippen molar-refractivity contribution in [3.63, 3.8) is 0 Å². The second-order valence-corrected chi connectivity index (χ2v) is 6.27. The van der Waals surface area contributed by atoms with Gasteiger partial charge in [-0.2, -0.15) is 0 Å². The van der Waals surface area contributed by atoms with Crippen molar-refractivity contribution in [1.82, 2.24) is 0 Å². The van der Waals surface area contributed by atoms with Crippen molar-refractivity contribution < 1.29 is 14.4 Å². The molecule has 1 aromatic carbocycles. The van der Waals surface area contributed by atoms with Crippen molar-refractivity contribution in [2.45, 2.75) is 44.8 Å². The Hall–Kier alpha value is -0.670. The first-order chi connectivity index (χ1) is 8.41. The molecule has 0 amide bonds. The van der Waals surface area contributed by atoms with Crippen molar-refractivity contribution in [3.05, 3.63) is 35.4 Å². The lowest BCUT2D eigenvalue weighted by molar-refractivity contribution is 0.346. The van der Waals surface area contributed by atoms with Crippen LogP contribution in [0.4, 0.5) is 0 Å². The predicted molar refractivity (Wildman–Crippen MR) is 73.5 cm³/mol. The molecule has 1 rings (SSSR count). The van der Waals surface area contributed by atoms with Crippen molar-refractivity contribution in [2.75, 3.05) is 0 Å². The maximum Gasteiger partial charge on any atom is 0.334 e. The zero-order valence-electron chi connectivity index (χ0n) is 10.9. The van der Waals surface area contributed by atoms with Crippen molar-refractivity contribution in [1.29, 1.82) is 0 Å². The van der Waals surface area contributed by atoms with Gasteiger partial charge in [0.05, 0.1) is 0 Å². The van der Waals surface area contributed by atoms with E-state index in [0.717, 1.165) is 18.4 Å². The van der Waals surface area contributed by atoms with E-state index in [1.807, 2.05) is 26.0 Å². The highest BCUT2D eigenvalue weighted by Crippen LogP contribution is 2.54. The summed E-state index contributed by atoms with van der Waals surface area (Å²) in [5.41, 5.74) is 6.73. The molecular weight excluding hydrogens is 249 g/mol. The molecule has 1 aromatic rings. The van der Waals surface area contributed by atoms with Crippen molar-refractivity contribution >= 4 is 7.60 Å². The number of rotatable bonds is 6. The second-order valence-electron chi connectivity index (χ2n) is 4.54. The second kappa shape index (κ2) is 6.48. The molecule has 0 aliphatic carbocycles. The number of benzene rings is 1. The first kappa shape index (κ1) is 15.4. The standard InChI is InChI=1S/C13H22NO3P/c1-3-7-12(14)13(18(15,16)17)11-9-6-5-8-10(11)4-2/h5-6,8-9,12-13H,3-4,7,14H2,1-2H3,(H2,15,16,17). The summed E-state index contributed by atoms with van der Waals surface area (Å²) < 4.78 is 11.7. The SMILES string of the molecule is CCCC(N)C(c1ccccc1CC)P(=O)(O)O. The van der Waals surface area contributed by atoms with E-state index in [1.54, 1.807) is 12.1 Å². The van der Waals surface area contributed by atoms with E-state index < -0.39 is 19.3 Å². The monoisotopic (exact) mass is 271 g/mol. The van der Waals surface area contributed by atoms with Crippen LogP contribution in [0, 0.1) is 0 Å². The largest absolute Gasteiger partial charge is 0.334 e. The Labute approximate surface area is 108 Å². The molecule has 2 atom stereocenters. The van der Waals surface area contributed by atoms with Crippen LogP contribution in [0.1, 0.15) is 43.5 Å². The molecule has 5 heteroatoms. The molecule has 2 unspecified atom stereocenters. The zero-order valence-corrected chi connectivity index (χ0v) is 11.8. The summed E-state index contributed by atoms with van der Waals surface area (Å²) in [6.45, 7) is 3.93. The van der Waals surface area contributed by atoms with Gasteiger partial charge in [-0.3, -0.25) is 4.57 Å². The molecule has 102 valence electrons. The Morgan fingerprint density at radius 2 is 1.89 bits per heavy atom. The van der Waals surface area contributed by atoms with Gasteiger partial charge in [0.25, 0.3) is 0 Å². The number of hydrogen-bond acceptors (Lipinski definition) is 2. The van der Waals surface area contributed by atoms with E-state index in [0.29, 0.717) is 12.0 Å². The minimum atomic E-state index is -4.25. The molecule has 0 saturated carbocycles. The fourth-order valence-corrected chi connectivity index (χ4v) is 3.56. The first-order valence-electron chi connectivity index (χ1n) is 6.30. The van der Waals surface area contributed by atoms with Gasteiger partial charge >= 0.3 is 7.60 Å². The molecule has 0 heterocycles. The molecule has 4 N–H and O–H groups in total. The zero-order chi connectivity index (χ0) is 13.8. The first-order valence-corrected chi connectivity index (χ1v) is 7.98. The van der Waals surface area contributed by atoms with E-state index in [-0.39, 0.29) is 0 Å². The van der Waals surface area contributed by atoms with E-state index in [1.165, 1.54) is 0 Å². The molecular formula is C13H22NO3P. The van der Waals surface area contributed by atoms with Gasteiger partial charge < -0.3 is 15.5 Å². The third-order valence-corrected chi connectivity index (χ3v) is 4.53. The van der Waals surface area contributed by atoms with Gasteiger partial charge in [0.2, 0.25) is 0 Å². The highest BCUT2D eigenvalue weighted by Gasteiger charge is 2.36. The summed E-state index contributed by atoms with van der Waals surface area (Å²) in [5.74, 6) is 0. The Bertz CT molecular complexity index is 430. The normalized spacial score (nSPS) is 15.4. The van der Waals surface area contributed by atoms with Gasteiger partial charge in [0, 0.05) is 6.04 Å².